The lowest BCUT2D eigenvalue weighted by Crippen LogP contribution is -2.43. The van der Waals surface area contributed by atoms with Crippen LogP contribution in [-0.2, 0) is 14.2 Å². The number of methoxy groups -OCH3 is 1. The van der Waals surface area contributed by atoms with Gasteiger partial charge in [-0.3, -0.25) is 0 Å². The molecule has 0 radical (unpaired) electrons. The SMILES string of the molecule is COCCOCCCOC1(CCNC(C)C)CCC1. The molecular formula is C15H31NO3. The Hall–Kier alpha value is -0.160. The molecule has 0 spiro atoms. The van der Waals surface area contributed by atoms with Crippen molar-refractivity contribution < 1.29 is 14.2 Å². The maximum atomic E-state index is 6.10. The van der Waals surface area contributed by atoms with Gasteiger partial charge in [0.05, 0.1) is 18.8 Å². The lowest BCUT2D eigenvalue weighted by Gasteiger charge is -2.42. The van der Waals surface area contributed by atoms with Crippen LogP contribution in [0.4, 0.5) is 0 Å². The van der Waals surface area contributed by atoms with Crippen LogP contribution in [0.3, 0.4) is 0 Å². The highest BCUT2D eigenvalue weighted by molar-refractivity contribution is 4.90. The summed E-state index contributed by atoms with van der Waals surface area (Å²) >= 11 is 0. The van der Waals surface area contributed by atoms with Crippen molar-refractivity contribution in [1.82, 2.24) is 5.32 Å². The number of hydrogen-bond donors (Lipinski definition) is 1. The predicted octanol–water partition coefficient (Wildman–Crippen LogP) is 2.37. The second-order valence-electron chi connectivity index (χ2n) is 5.70. The molecular weight excluding hydrogens is 242 g/mol. The standard InChI is InChI=1S/C15H31NO3/c1-14(2)16-9-8-15(6-4-7-15)19-11-5-10-18-13-12-17-3/h14,16H,4-13H2,1-3H3. The number of rotatable bonds is 12. The normalized spacial score (nSPS) is 17.7. The molecule has 1 rings (SSSR count). The fourth-order valence-electron chi connectivity index (χ4n) is 2.32. The van der Waals surface area contributed by atoms with Crippen molar-refractivity contribution in [3.8, 4) is 0 Å². The van der Waals surface area contributed by atoms with Gasteiger partial charge in [-0.15, -0.1) is 0 Å². The minimum Gasteiger partial charge on any atom is -0.382 e. The fraction of sp³-hybridized carbons (Fsp3) is 1.00. The van der Waals surface area contributed by atoms with Gasteiger partial charge < -0.3 is 19.5 Å². The van der Waals surface area contributed by atoms with E-state index in [4.69, 9.17) is 14.2 Å². The maximum Gasteiger partial charge on any atom is 0.0700 e. The molecule has 0 saturated heterocycles. The van der Waals surface area contributed by atoms with Gasteiger partial charge in [0, 0.05) is 26.4 Å². The lowest BCUT2D eigenvalue weighted by atomic mass is 9.77. The van der Waals surface area contributed by atoms with Crippen LogP contribution >= 0.6 is 0 Å². The Morgan fingerprint density at radius 1 is 1.11 bits per heavy atom. The first-order valence-corrected chi connectivity index (χ1v) is 7.62. The largest absolute Gasteiger partial charge is 0.382 e. The van der Waals surface area contributed by atoms with E-state index < -0.39 is 0 Å². The van der Waals surface area contributed by atoms with Gasteiger partial charge in [-0.25, -0.2) is 0 Å². The van der Waals surface area contributed by atoms with E-state index in [1.54, 1.807) is 7.11 Å². The molecule has 0 bridgehead atoms. The summed E-state index contributed by atoms with van der Waals surface area (Å²) in [7, 11) is 1.69. The molecule has 4 heteroatoms. The van der Waals surface area contributed by atoms with E-state index in [0.29, 0.717) is 19.3 Å². The Morgan fingerprint density at radius 2 is 1.89 bits per heavy atom. The van der Waals surface area contributed by atoms with Crippen LogP contribution < -0.4 is 5.32 Å². The first-order valence-electron chi connectivity index (χ1n) is 7.62. The molecule has 0 atom stereocenters. The number of ether oxygens (including phenoxy) is 3. The topological polar surface area (TPSA) is 39.7 Å². The maximum absolute atomic E-state index is 6.10. The van der Waals surface area contributed by atoms with Gasteiger partial charge in [0.15, 0.2) is 0 Å². The van der Waals surface area contributed by atoms with E-state index in [1.807, 2.05) is 0 Å². The molecule has 1 saturated carbocycles. The highest BCUT2D eigenvalue weighted by Gasteiger charge is 2.37. The monoisotopic (exact) mass is 273 g/mol. The molecule has 0 aromatic rings. The van der Waals surface area contributed by atoms with Crippen LogP contribution in [-0.4, -0.2) is 51.7 Å². The van der Waals surface area contributed by atoms with Crippen molar-refractivity contribution in [2.75, 3.05) is 40.1 Å². The van der Waals surface area contributed by atoms with Gasteiger partial charge in [0.1, 0.15) is 0 Å². The summed E-state index contributed by atoms with van der Waals surface area (Å²) in [6, 6.07) is 0.561. The molecule has 1 fully saturated rings. The van der Waals surface area contributed by atoms with Crippen LogP contribution in [0.25, 0.3) is 0 Å². The van der Waals surface area contributed by atoms with E-state index in [2.05, 4.69) is 19.2 Å². The highest BCUT2D eigenvalue weighted by atomic mass is 16.5. The van der Waals surface area contributed by atoms with Crippen LogP contribution in [0, 0.1) is 0 Å². The van der Waals surface area contributed by atoms with Gasteiger partial charge in [-0.1, -0.05) is 13.8 Å². The molecule has 1 N–H and O–H groups in total. The highest BCUT2D eigenvalue weighted by Crippen LogP contribution is 2.38. The molecule has 0 aromatic heterocycles. The van der Waals surface area contributed by atoms with Gasteiger partial charge in [-0.2, -0.15) is 0 Å². The first-order chi connectivity index (χ1) is 9.18. The Balaban J connectivity index is 2.01. The molecule has 1 aliphatic rings. The fourth-order valence-corrected chi connectivity index (χ4v) is 2.32. The summed E-state index contributed by atoms with van der Waals surface area (Å²) in [5.74, 6) is 0. The summed E-state index contributed by atoms with van der Waals surface area (Å²) in [5, 5.41) is 3.48. The Kier molecular flexibility index (Phi) is 8.62. The van der Waals surface area contributed by atoms with Crippen LogP contribution in [0.2, 0.25) is 0 Å². The van der Waals surface area contributed by atoms with Crippen LogP contribution in [0.5, 0.6) is 0 Å². The molecule has 0 aromatic carbocycles. The average Bonchev–Trinajstić information content (AvgIpc) is 2.33. The number of nitrogens with one attached hydrogen (secondary N) is 1. The van der Waals surface area contributed by atoms with Gasteiger partial charge in [0.2, 0.25) is 0 Å². The Bertz CT molecular complexity index is 217. The molecule has 1 aliphatic carbocycles. The van der Waals surface area contributed by atoms with Gasteiger partial charge >= 0.3 is 0 Å². The third-order valence-corrected chi connectivity index (χ3v) is 3.67. The zero-order valence-electron chi connectivity index (χ0n) is 12.9. The Labute approximate surface area is 118 Å². The van der Waals surface area contributed by atoms with Crippen molar-refractivity contribution in [1.29, 1.82) is 0 Å². The predicted molar refractivity (Wildman–Crippen MR) is 77.6 cm³/mol. The third kappa shape index (κ3) is 7.25. The van der Waals surface area contributed by atoms with E-state index >= 15 is 0 Å². The van der Waals surface area contributed by atoms with Crippen molar-refractivity contribution in [2.45, 2.75) is 57.6 Å². The molecule has 0 unspecified atom stereocenters. The van der Waals surface area contributed by atoms with E-state index in [1.165, 1.54) is 19.3 Å². The second kappa shape index (κ2) is 9.70. The zero-order chi connectivity index (χ0) is 14.0. The van der Waals surface area contributed by atoms with Crippen LogP contribution in [0.1, 0.15) is 46.0 Å². The summed E-state index contributed by atoms with van der Waals surface area (Å²) in [6.07, 6.45) is 5.86. The van der Waals surface area contributed by atoms with Crippen molar-refractivity contribution in [3.05, 3.63) is 0 Å². The summed E-state index contributed by atoms with van der Waals surface area (Å²) in [5.41, 5.74) is 0.161. The van der Waals surface area contributed by atoms with Crippen molar-refractivity contribution in [3.63, 3.8) is 0 Å². The molecule has 0 aliphatic heterocycles. The van der Waals surface area contributed by atoms with E-state index in [9.17, 15) is 0 Å². The zero-order valence-corrected chi connectivity index (χ0v) is 12.9. The van der Waals surface area contributed by atoms with Gasteiger partial charge in [-0.05, 0) is 38.6 Å². The van der Waals surface area contributed by atoms with Crippen molar-refractivity contribution in [2.24, 2.45) is 0 Å². The van der Waals surface area contributed by atoms with Crippen LogP contribution in [0.15, 0.2) is 0 Å². The minimum absolute atomic E-state index is 0.161. The van der Waals surface area contributed by atoms with Crippen molar-refractivity contribution >= 4 is 0 Å². The summed E-state index contributed by atoms with van der Waals surface area (Å²) in [4.78, 5) is 0. The first kappa shape index (κ1) is 16.9. The van der Waals surface area contributed by atoms with E-state index in [0.717, 1.165) is 32.6 Å². The quantitative estimate of drug-likeness (QED) is 0.554. The Morgan fingerprint density at radius 3 is 2.47 bits per heavy atom. The second-order valence-corrected chi connectivity index (χ2v) is 5.70. The molecule has 4 nitrogen and oxygen atoms in total. The molecule has 0 heterocycles. The average molecular weight is 273 g/mol. The minimum atomic E-state index is 0.161. The third-order valence-electron chi connectivity index (χ3n) is 3.67. The van der Waals surface area contributed by atoms with Gasteiger partial charge in [0.25, 0.3) is 0 Å². The number of hydrogen-bond acceptors (Lipinski definition) is 4. The lowest BCUT2D eigenvalue weighted by molar-refractivity contribution is -0.108. The van der Waals surface area contributed by atoms with E-state index in [-0.39, 0.29) is 5.60 Å². The summed E-state index contributed by atoms with van der Waals surface area (Å²) in [6.45, 7) is 8.36. The smallest absolute Gasteiger partial charge is 0.0700 e. The molecule has 0 amide bonds. The molecule has 114 valence electrons. The molecule has 19 heavy (non-hydrogen) atoms. The summed E-state index contributed by atoms with van der Waals surface area (Å²) < 4.78 is 16.5.